The molecule has 148 valence electrons. The van der Waals surface area contributed by atoms with Crippen molar-refractivity contribution < 1.29 is 5.11 Å². The topological polar surface area (TPSA) is 94.7 Å². The molecule has 2 atom stereocenters. The summed E-state index contributed by atoms with van der Waals surface area (Å²) in [6, 6.07) is 6.14. The van der Waals surface area contributed by atoms with Crippen LogP contribution in [0.1, 0.15) is 17.8 Å². The summed E-state index contributed by atoms with van der Waals surface area (Å²) in [5.41, 5.74) is 1.97. The highest BCUT2D eigenvalue weighted by Crippen LogP contribution is 2.25. The summed E-state index contributed by atoms with van der Waals surface area (Å²) >= 11 is 0. The zero-order valence-corrected chi connectivity index (χ0v) is 16.4. The highest BCUT2D eigenvalue weighted by atomic mass is 16.3. The Hall–Kier alpha value is -2.78. The monoisotopic (exact) mass is 382 g/mol. The Morgan fingerprint density at radius 3 is 2.93 bits per heavy atom. The molecule has 28 heavy (non-hydrogen) atoms. The van der Waals surface area contributed by atoms with Crippen LogP contribution in [0.4, 0.5) is 11.6 Å². The van der Waals surface area contributed by atoms with Crippen LogP contribution < -0.4 is 10.2 Å². The first kappa shape index (κ1) is 18.6. The minimum atomic E-state index is -0.332. The summed E-state index contributed by atoms with van der Waals surface area (Å²) < 4.78 is 1.98. The number of aryl methyl sites for hydroxylation is 1. The van der Waals surface area contributed by atoms with Gasteiger partial charge in [-0.15, -0.1) is 10.2 Å². The maximum absolute atomic E-state index is 10.1. The third-order valence-electron chi connectivity index (χ3n) is 4.96. The Bertz CT molecular complexity index is 956. The Morgan fingerprint density at radius 1 is 1.25 bits per heavy atom. The van der Waals surface area contributed by atoms with E-state index in [9.17, 15) is 5.11 Å². The molecule has 1 fully saturated rings. The van der Waals surface area contributed by atoms with Crippen LogP contribution in [0.5, 0.6) is 0 Å². The summed E-state index contributed by atoms with van der Waals surface area (Å²) in [6.45, 7) is 4.00. The van der Waals surface area contributed by atoms with Crippen molar-refractivity contribution in [3.05, 3.63) is 42.1 Å². The fourth-order valence-corrected chi connectivity index (χ4v) is 3.70. The van der Waals surface area contributed by atoms with Gasteiger partial charge in [-0.1, -0.05) is 6.07 Å². The summed E-state index contributed by atoms with van der Waals surface area (Å²) in [7, 11) is 4.08. The number of rotatable bonds is 6. The van der Waals surface area contributed by atoms with Crippen LogP contribution in [-0.2, 0) is 6.54 Å². The molecule has 4 heterocycles. The Balaban J connectivity index is 1.50. The molecule has 1 aliphatic rings. The average Bonchev–Trinajstić information content (AvgIpc) is 3.22. The molecular formula is C19H26N8O. The zero-order chi connectivity index (χ0) is 19.7. The number of fused-ring (bicyclic) bond motifs is 1. The van der Waals surface area contributed by atoms with Crippen molar-refractivity contribution in [1.29, 1.82) is 0 Å². The molecule has 0 radical (unpaired) electrons. The number of likely N-dealkylation sites (N-methyl/N-ethyl adjacent to an activating group) is 1. The van der Waals surface area contributed by atoms with Crippen molar-refractivity contribution in [1.82, 2.24) is 29.5 Å². The molecule has 9 nitrogen and oxygen atoms in total. The average molecular weight is 382 g/mol. The maximum Gasteiger partial charge on any atom is 0.160 e. The van der Waals surface area contributed by atoms with Crippen molar-refractivity contribution in [3.8, 4) is 0 Å². The van der Waals surface area contributed by atoms with E-state index in [1.165, 1.54) is 0 Å². The van der Waals surface area contributed by atoms with E-state index in [0.717, 1.165) is 41.6 Å². The maximum atomic E-state index is 10.1. The molecule has 4 rings (SSSR count). The van der Waals surface area contributed by atoms with E-state index in [4.69, 9.17) is 0 Å². The molecule has 0 aromatic carbocycles. The fourth-order valence-electron chi connectivity index (χ4n) is 3.70. The molecular weight excluding hydrogens is 356 g/mol. The second-order valence-electron chi connectivity index (χ2n) is 7.62. The van der Waals surface area contributed by atoms with E-state index in [1.807, 2.05) is 49.8 Å². The minimum Gasteiger partial charge on any atom is -0.391 e. The number of β-amino-alcohol motifs (C(OH)–C–C–N with tert-alkyl or cyclic N) is 1. The molecule has 3 aromatic heterocycles. The number of hydrogen-bond donors (Lipinski definition) is 2. The number of aliphatic hydroxyl groups is 1. The molecule has 1 aliphatic heterocycles. The lowest BCUT2D eigenvalue weighted by atomic mass is 10.2. The number of nitrogens with one attached hydrogen (secondary N) is 1. The standard InChI is InChI=1S/C19H26N8O/c1-13-4-5-17-23-24-19(27(17)9-13)8-20-16-7-18(22-12-21-16)26-11-15(28)6-14(26)10-25(2)3/h4-5,7,9,12,14-15,28H,6,8,10-11H2,1-3H3,(H,20,21,22)/t14-,15-/m1/s1. The van der Waals surface area contributed by atoms with E-state index < -0.39 is 0 Å². The molecule has 0 saturated carbocycles. The van der Waals surface area contributed by atoms with Gasteiger partial charge in [0.05, 0.1) is 12.6 Å². The number of nitrogens with zero attached hydrogens (tertiary/aromatic N) is 7. The normalized spacial score (nSPS) is 19.7. The summed E-state index contributed by atoms with van der Waals surface area (Å²) in [5, 5.41) is 21.9. The molecule has 9 heteroatoms. The van der Waals surface area contributed by atoms with Crippen LogP contribution in [0.15, 0.2) is 30.7 Å². The zero-order valence-electron chi connectivity index (χ0n) is 16.4. The molecule has 0 unspecified atom stereocenters. The third kappa shape index (κ3) is 3.90. The molecule has 0 spiro atoms. The lowest BCUT2D eigenvalue weighted by Crippen LogP contribution is -2.38. The van der Waals surface area contributed by atoms with Crippen LogP contribution in [0.25, 0.3) is 5.65 Å². The van der Waals surface area contributed by atoms with Gasteiger partial charge in [0.25, 0.3) is 0 Å². The van der Waals surface area contributed by atoms with Crippen molar-refractivity contribution in [2.75, 3.05) is 37.4 Å². The minimum absolute atomic E-state index is 0.233. The van der Waals surface area contributed by atoms with Gasteiger partial charge in [0.2, 0.25) is 0 Å². The molecule has 3 aromatic rings. The lowest BCUT2D eigenvalue weighted by Gasteiger charge is -2.27. The van der Waals surface area contributed by atoms with Gasteiger partial charge in [-0.25, -0.2) is 9.97 Å². The number of aromatic nitrogens is 5. The second kappa shape index (κ2) is 7.69. The Labute approximate surface area is 164 Å². The van der Waals surface area contributed by atoms with Crippen LogP contribution in [-0.4, -0.2) is 73.9 Å². The van der Waals surface area contributed by atoms with E-state index in [0.29, 0.717) is 13.1 Å². The number of pyridine rings is 1. The van der Waals surface area contributed by atoms with Crippen molar-refractivity contribution in [2.24, 2.45) is 0 Å². The lowest BCUT2D eigenvalue weighted by molar-refractivity contribution is 0.191. The van der Waals surface area contributed by atoms with Crippen LogP contribution >= 0.6 is 0 Å². The molecule has 2 N–H and O–H groups in total. The van der Waals surface area contributed by atoms with Gasteiger partial charge in [-0.05, 0) is 39.1 Å². The summed E-state index contributed by atoms with van der Waals surface area (Å²) in [4.78, 5) is 13.1. The van der Waals surface area contributed by atoms with E-state index >= 15 is 0 Å². The first-order valence-corrected chi connectivity index (χ1v) is 9.45. The molecule has 1 saturated heterocycles. The van der Waals surface area contributed by atoms with E-state index in [2.05, 4.69) is 35.3 Å². The van der Waals surface area contributed by atoms with Crippen molar-refractivity contribution >= 4 is 17.3 Å². The van der Waals surface area contributed by atoms with Gasteiger partial charge in [-0.2, -0.15) is 0 Å². The largest absolute Gasteiger partial charge is 0.391 e. The summed E-state index contributed by atoms with van der Waals surface area (Å²) in [6.07, 6.45) is 3.99. The number of hydrogen-bond acceptors (Lipinski definition) is 8. The first-order valence-electron chi connectivity index (χ1n) is 9.45. The van der Waals surface area contributed by atoms with Gasteiger partial charge >= 0.3 is 0 Å². The predicted octanol–water partition coefficient (Wildman–Crippen LogP) is 0.941. The second-order valence-corrected chi connectivity index (χ2v) is 7.62. The van der Waals surface area contributed by atoms with Gasteiger partial charge in [-0.3, -0.25) is 4.40 Å². The van der Waals surface area contributed by atoms with Crippen LogP contribution in [0.3, 0.4) is 0 Å². The Kier molecular flexibility index (Phi) is 5.10. The van der Waals surface area contributed by atoms with Crippen LogP contribution in [0.2, 0.25) is 0 Å². The highest BCUT2D eigenvalue weighted by Gasteiger charge is 2.32. The predicted molar refractivity (Wildman–Crippen MR) is 107 cm³/mol. The van der Waals surface area contributed by atoms with Gasteiger partial charge < -0.3 is 20.2 Å². The van der Waals surface area contributed by atoms with Crippen LogP contribution in [0, 0.1) is 6.92 Å². The van der Waals surface area contributed by atoms with Crippen molar-refractivity contribution in [3.63, 3.8) is 0 Å². The summed E-state index contributed by atoms with van der Waals surface area (Å²) in [5.74, 6) is 2.36. The molecule has 0 aliphatic carbocycles. The third-order valence-corrected chi connectivity index (χ3v) is 4.96. The molecule has 0 bridgehead atoms. The first-order chi connectivity index (χ1) is 13.5. The van der Waals surface area contributed by atoms with E-state index in [-0.39, 0.29) is 12.1 Å². The van der Waals surface area contributed by atoms with Gasteiger partial charge in [0.15, 0.2) is 11.5 Å². The quantitative estimate of drug-likeness (QED) is 0.651. The highest BCUT2D eigenvalue weighted by molar-refractivity contribution is 5.50. The number of aliphatic hydroxyl groups excluding tert-OH is 1. The molecule has 0 amide bonds. The van der Waals surface area contributed by atoms with Crippen molar-refractivity contribution in [2.45, 2.75) is 32.0 Å². The van der Waals surface area contributed by atoms with Gasteiger partial charge in [0.1, 0.15) is 18.0 Å². The Morgan fingerprint density at radius 2 is 2.11 bits per heavy atom. The fraction of sp³-hybridized carbons (Fsp3) is 0.474. The number of anilines is 2. The van der Waals surface area contributed by atoms with E-state index in [1.54, 1.807) is 6.33 Å². The smallest absolute Gasteiger partial charge is 0.160 e. The SMILES string of the molecule is Cc1ccc2nnc(CNc3cc(N4C[C@H](O)C[C@@H]4CN(C)C)ncn3)n2c1. The van der Waals surface area contributed by atoms with Gasteiger partial charge in [0, 0.05) is 31.4 Å².